The SMILES string of the molecule is CCNC(=NCc1ccc(N(CC)CC)nc1)NCc1cccc(OC)c1.I. The van der Waals surface area contributed by atoms with Crippen molar-refractivity contribution in [2.45, 2.75) is 33.9 Å². The van der Waals surface area contributed by atoms with Crippen molar-refractivity contribution in [3.8, 4) is 5.75 Å². The third-order valence-corrected chi connectivity index (χ3v) is 4.25. The fraction of sp³-hybridized carbons (Fsp3) is 0.429. The Morgan fingerprint density at radius 2 is 1.86 bits per heavy atom. The monoisotopic (exact) mass is 497 g/mol. The number of guanidine groups is 1. The number of halogens is 1. The molecule has 0 atom stereocenters. The van der Waals surface area contributed by atoms with Crippen LogP contribution in [0, 0.1) is 0 Å². The number of pyridine rings is 1. The van der Waals surface area contributed by atoms with E-state index in [1.165, 1.54) is 0 Å². The normalized spacial score (nSPS) is 10.8. The van der Waals surface area contributed by atoms with Gasteiger partial charge in [0.05, 0.1) is 13.7 Å². The summed E-state index contributed by atoms with van der Waals surface area (Å²) in [6.45, 7) is 10.3. The molecule has 2 aromatic rings. The summed E-state index contributed by atoms with van der Waals surface area (Å²) in [5, 5.41) is 6.64. The molecule has 2 N–H and O–H groups in total. The maximum atomic E-state index is 5.27. The molecule has 0 unspecified atom stereocenters. The maximum Gasteiger partial charge on any atom is 0.191 e. The molecule has 1 aromatic carbocycles. The number of rotatable bonds is 9. The Balaban J connectivity index is 0.00000392. The van der Waals surface area contributed by atoms with Crippen molar-refractivity contribution in [3.63, 3.8) is 0 Å². The average Bonchev–Trinajstić information content (AvgIpc) is 2.72. The van der Waals surface area contributed by atoms with Crippen LogP contribution in [0.4, 0.5) is 5.82 Å². The third-order valence-electron chi connectivity index (χ3n) is 4.25. The lowest BCUT2D eigenvalue weighted by molar-refractivity contribution is 0.414. The number of anilines is 1. The number of methoxy groups -OCH3 is 1. The van der Waals surface area contributed by atoms with Gasteiger partial charge in [0.15, 0.2) is 5.96 Å². The van der Waals surface area contributed by atoms with E-state index in [4.69, 9.17) is 4.74 Å². The van der Waals surface area contributed by atoms with Crippen LogP contribution in [0.1, 0.15) is 31.9 Å². The zero-order valence-corrected chi connectivity index (χ0v) is 19.6. The van der Waals surface area contributed by atoms with Gasteiger partial charge in [-0.25, -0.2) is 9.98 Å². The largest absolute Gasteiger partial charge is 0.497 e. The van der Waals surface area contributed by atoms with E-state index in [1.807, 2.05) is 24.4 Å². The van der Waals surface area contributed by atoms with Gasteiger partial charge in [-0.15, -0.1) is 24.0 Å². The molecule has 28 heavy (non-hydrogen) atoms. The lowest BCUT2D eigenvalue weighted by atomic mass is 10.2. The van der Waals surface area contributed by atoms with Crippen LogP contribution in [-0.4, -0.2) is 37.7 Å². The van der Waals surface area contributed by atoms with Crippen LogP contribution in [0.25, 0.3) is 0 Å². The van der Waals surface area contributed by atoms with Crippen LogP contribution >= 0.6 is 24.0 Å². The Labute approximate surface area is 185 Å². The van der Waals surface area contributed by atoms with E-state index in [2.05, 4.69) is 64.5 Å². The Bertz CT molecular complexity index is 717. The van der Waals surface area contributed by atoms with E-state index in [9.17, 15) is 0 Å². The number of hydrogen-bond donors (Lipinski definition) is 2. The van der Waals surface area contributed by atoms with Gasteiger partial charge in [0.1, 0.15) is 11.6 Å². The highest BCUT2D eigenvalue weighted by molar-refractivity contribution is 14.0. The van der Waals surface area contributed by atoms with Gasteiger partial charge < -0.3 is 20.3 Å². The predicted molar refractivity (Wildman–Crippen MR) is 128 cm³/mol. The first-order valence-corrected chi connectivity index (χ1v) is 9.55. The zero-order valence-electron chi connectivity index (χ0n) is 17.2. The molecule has 0 bridgehead atoms. The van der Waals surface area contributed by atoms with Gasteiger partial charge in [-0.3, -0.25) is 0 Å². The highest BCUT2D eigenvalue weighted by Crippen LogP contribution is 2.13. The summed E-state index contributed by atoms with van der Waals surface area (Å²) in [7, 11) is 1.68. The molecule has 0 aliphatic carbocycles. The first-order valence-electron chi connectivity index (χ1n) is 9.55. The van der Waals surface area contributed by atoms with Gasteiger partial charge in [0, 0.05) is 32.4 Å². The molecule has 0 amide bonds. The van der Waals surface area contributed by atoms with Gasteiger partial charge in [0.2, 0.25) is 0 Å². The van der Waals surface area contributed by atoms with Crippen LogP contribution in [0.3, 0.4) is 0 Å². The van der Waals surface area contributed by atoms with E-state index in [1.54, 1.807) is 7.11 Å². The highest BCUT2D eigenvalue weighted by atomic mass is 127. The van der Waals surface area contributed by atoms with Gasteiger partial charge in [-0.1, -0.05) is 18.2 Å². The van der Waals surface area contributed by atoms with Crippen LogP contribution in [0.15, 0.2) is 47.6 Å². The number of nitrogens with zero attached hydrogens (tertiary/aromatic N) is 3. The second-order valence-electron chi connectivity index (χ2n) is 6.10. The Morgan fingerprint density at radius 1 is 1.07 bits per heavy atom. The molecule has 0 fully saturated rings. The van der Waals surface area contributed by atoms with Crippen molar-refractivity contribution < 1.29 is 4.74 Å². The summed E-state index contributed by atoms with van der Waals surface area (Å²) < 4.78 is 5.27. The Kier molecular flexibility index (Phi) is 11.3. The van der Waals surface area contributed by atoms with Crippen LogP contribution in [0.5, 0.6) is 5.75 Å². The van der Waals surface area contributed by atoms with Gasteiger partial charge in [-0.2, -0.15) is 0 Å². The molecule has 0 aliphatic rings. The number of aromatic nitrogens is 1. The molecule has 0 saturated heterocycles. The minimum Gasteiger partial charge on any atom is -0.497 e. The van der Waals surface area contributed by atoms with E-state index >= 15 is 0 Å². The Hall–Kier alpha value is -2.03. The van der Waals surface area contributed by atoms with Gasteiger partial charge in [0.25, 0.3) is 0 Å². The number of aliphatic imine (C=N–C) groups is 1. The van der Waals surface area contributed by atoms with Crippen molar-refractivity contribution in [3.05, 3.63) is 53.7 Å². The second kappa shape index (κ2) is 13.2. The van der Waals surface area contributed by atoms with E-state index in [-0.39, 0.29) is 24.0 Å². The van der Waals surface area contributed by atoms with Crippen LogP contribution in [0.2, 0.25) is 0 Å². The molecule has 2 rings (SSSR count). The number of hydrogen-bond acceptors (Lipinski definition) is 4. The standard InChI is InChI=1S/C21H31N5O.HI/c1-5-22-21(24-14-17-9-8-10-19(13-17)27-4)25-16-18-11-12-20(23-15-18)26(6-2)7-3;/h8-13,15H,5-7,14,16H2,1-4H3,(H2,22,24,25);1H. The average molecular weight is 497 g/mol. The first-order chi connectivity index (χ1) is 13.2. The first kappa shape index (κ1) is 24.0. The molecule has 0 radical (unpaired) electrons. The predicted octanol–water partition coefficient (Wildman–Crippen LogP) is 3.81. The fourth-order valence-corrected chi connectivity index (χ4v) is 2.73. The third kappa shape index (κ3) is 7.53. The summed E-state index contributed by atoms with van der Waals surface area (Å²) in [6, 6.07) is 12.2. The molecule has 0 spiro atoms. The smallest absolute Gasteiger partial charge is 0.191 e. The summed E-state index contributed by atoms with van der Waals surface area (Å²) in [5.74, 6) is 2.65. The second-order valence-corrected chi connectivity index (χ2v) is 6.10. The van der Waals surface area contributed by atoms with Crippen molar-refractivity contribution in [2.75, 3.05) is 31.6 Å². The zero-order chi connectivity index (χ0) is 19.5. The topological polar surface area (TPSA) is 61.8 Å². The quantitative estimate of drug-likeness (QED) is 0.314. The minimum absolute atomic E-state index is 0. The molecule has 7 heteroatoms. The van der Waals surface area contributed by atoms with E-state index in [0.717, 1.165) is 48.3 Å². The number of ether oxygens (including phenoxy) is 1. The van der Waals surface area contributed by atoms with Crippen molar-refractivity contribution in [1.82, 2.24) is 15.6 Å². The van der Waals surface area contributed by atoms with E-state index < -0.39 is 0 Å². The number of benzene rings is 1. The van der Waals surface area contributed by atoms with Crippen LogP contribution in [-0.2, 0) is 13.1 Å². The Morgan fingerprint density at radius 3 is 2.46 bits per heavy atom. The highest BCUT2D eigenvalue weighted by Gasteiger charge is 2.04. The molecule has 0 saturated carbocycles. The molecule has 0 aliphatic heterocycles. The van der Waals surface area contributed by atoms with Crippen molar-refractivity contribution in [2.24, 2.45) is 4.99 Å². The maximum absolute atomic E-state index is 5.27. The molecule has 1 aromatic heterocycles. The van der Waals surface area contributed by atoms with E-state index in [0.29, 0.717) is 13.1 Å². The minimum atomic E-state index is 0. The van der Waals surface area contributed by atoms with Gasteiger partial charge in [-0.05, 0) is 50.1 Å². The van der Waals surface area contributed by atoms with Gasteiger partial charge >= 0.3 is 0 Å². The molecule has 1 heterocycles. The summed E-state index contributed by atoms with van der Waals surface area (Å²) in [4.78, 5) is 11.5. The van der Waals surface area contributed by atoms with Crippen molar-refractivity contribution >= 4 is 35.8 Å². The number of nitrogens with one attached hydrogen (secondary N) is 2. The summed E-state index contributed by atoms with van der Waals surface area (Å²) in [6.07, 6.45) is 1.91. The van der Waals surface area contributed by atoms with Crippen molar-refractivity contribution in [1.29, 1.82) is 0 Å². The lowest BCUT2D eigenvalue weighted by Gasteiger charge is -2.19. The molecular weight excluding hydrogens is 465 g/mol. The molecular formula is C21H32IN5O. The summed E-state index contributed by atoms with van der Waals surface area (Å²) >= 11 is 0. The lowest BCUT2D eigenvalue weighted by Crippen LogP contribution is -2.36. The van der Waals surface area contributed by atoms with Crippen LogP contribution < -0.4 is 20.3 Å². The summed E-state index contributed by atoms with van der Waals surface area (Å²) in [5.41, 5.74) is 2.23. The fourth-order valence-electron chi connectivity index (χ4n) is 2.73. The molecule has 6 nitrogen and oxygen atoms in total. The molecule has 154 valence electrons.